The number of guanidine groups is 1. The minimum Gasteiger partial charge on any atom is -0.481 e. The van der Waals surface area contributed by atoms with E-state index in [0.29, 0.717) is 6.42 Å². The summed E-state index contributed by atoms with van der Waals surface area (Å²) in [5.74, 6) is -17.0. The van der Waals surface area contributed by atoms with E-state index in [0.717, 1.165) is 0 Å². The van der Waals surface area contributed by atoms with Crippen molar-refractivity contribution in [3.63, 3.8) is 0 Å². The van der Waals surface area contributed by atoms with Gasteiger partial charge in [-0.3, -0.25) is 67.3 Å². The smallest absolute Gasteiger partial charge is 0.326 e. The topological polar surface area (TPSA) is 583 Å². The molecule has 0 aliphatic rings. The summed E-state index contributed by atoms with van der Waals surface area (Å²) in [4.78, 5) is 182. The molecular weight excluding hydrogens is 1050 g/mol. The molecule has 0 spiro atoms. The third-order valence-electron chi connectivity index (χ3n) is 11.4. The highest BCUT2D eigenvalue weighted by Crippen LogP contribution is 2.11. The van der Waals surface area contributed by atoms with Crippen LogP contribution in [0, 0.1) is 11.8 Å². The first-order valence-electron chi connectivity index (χ1n) is 24.8. The number of hydrogen-bond acceptors (Lipinski definition) is 18. The van der Waals surface area contributed by atoms with Crippen LogP contribution in [0.2, 0.25) is 0 Å². The van der Waals surface area contributed by atoms with Gasteiger partial charge in [0.2, 0.25) is 70.9 Å². The zero-order valence-corrected chi connectivity index (χ0v) is 44.8. The number of amides is 12. The molecule has 0 heterocycles. The lowest BCUT2D eigenvalue weighted by atomic mass is 9.97. The molecule has 0 aromatic rings. The number of rotatable bonds is 38. The number of aliphatic imine (C=N–C) groups is 1. The molecule has 0 fully saturated rings. The fraction of sp³-hybridized carbons (Fsp3) is 0.667. The third kappa shape index (κ3) is 28.1. The number of carboxylic acids is 2. The molecule has 446 valence electrons. The quantitative estimate of drug-likeness (QED) is 0.0155. The largest absolute Gasteiger partial charge is 0.481 e. The van der Waals surface area contributed by atoms with E-state index in [-0.39, 0.29) is 37.7 Å². The van der Waals surface area contributed by atoms with Gasteiger partial charge < -0.3 is 102 Å². The highest BCUT2D eigenvalue weighted by atomic mass is 16.4. The average molecular weight is 1130 g/mol. The first-order valence-corrected chi connectivity index (χ1v) is 24.8. The third-order valence-corrected chi connectivity index (χ3v) is 11.4. The second kappa shape index (κ2) is 35.9. The highest BCUT2D eigenvalue weighted by Gasteiger charge is 2.36. The van der Waals surface area contributed by atoms with Crippen LogP contribution in [0.15, 0.2) is 4.99 Å². The van der Waals surface area contributed by atoms with Crippen LogP contribution in [-0.2, 0) is 67.1 Å². The molecule has 0 rings (SSSR count). The molecule has 24 N–H and O–H groups in total. The zero-order chi connectivity index (χ0) is 60.9. The summed E-state index contributed by atoms with van der Waals surface area (Å²) in [5, 5.41) is 61.3. The van der Waals surface area contributed by atoms with Crippen LogP contribution in [0.3, 0.4) is 0 Å². The van der Waals surface area contributed by atoms with Gasteiger partial charge >= 0.3 is 11.9 Å². The van der Waals surface area contributed by atoms with Gasteiger partial charge in [-0.05, 0) is 51.4 Å². The van der Waals surface area contributed by atoms with E-state index in [1.54, 1.807) is 20.8 Å². The van der Waals surface area contributed by atoms with Crippen molar-refractivity contribution >= 4 is 88.8 Å². The van der Waals surface area contributed by atoms with Gasteiger partial charge in [-0.25, -0.2) is 4.79 Å². The van der Waals surface area contributed by atoms with Gasteiger partial charge in [-0.1, -0.05) is 34.1 Å². The van der Waals surface area contributed by atoms with E-state index in [1.165, 1.54) is 20.8 Å². The Labute approximate surface area is 453 Å². The Balaban J connectivity index is 6.00. The van der Waals surface area contributed by atoms with Crippen molar-refractivity contribution in [1.82, 2.24) is 53.2 Å². The Kier molecular flexibility index (Phi) is 32.2. The molecule has 0 bridgehead atoms. The number of nitrogens with two attached hydrogens (primary N) is 5. The monoisotopic (exact) mass is 1130 g/mol. The molecule has 0 saturated heterocycles. The summed E-state index contributed by atoms with van der Waals surface area (Å²) >= 11 is 0. The lowest BCUT2D eigenvalue weighted by Crippen LogP contribution is -2.61. The van der Waals surface area contributed by atoms with Crippen LogP contribution in [0.25, 0.3) is 0 Å². The molecule has 0 aliphatic heterocycles. The molecule has 0 unspecified atom stereocenters. The fourth-order valence-corrected chi connectivity index (χ4v) is 6.74. The lowest BCUT2D eigenvalue weighted by Gasteiger charge is -2.28. The summed E-state index contributed by atoms with van der Waals surface area (Å²) in [6.45, 7) is 6.13. The van der Waals surface area contributed by atoms with Gasteiger partial charge in [-0.2, -0.15) is 0 Å². The van der Waals surface area contributed by atoms with Crippen LogP contribution in [0.1, 0.15) is 92.9 Å². The molecule has 12 amide bonds. The molecular formula is C45H78N16O18. The maximum atomic E-state index is 13.7. The first-order chi connectivity index (χ1) is 36.8. The van der Waals surface area contributed by atoms with Crippen molar-refractivity contribution in [3.8, 4) is 0 Å². The maximum Gasteiger partial charge on any atom is 0.326 e. The number of nitrogens with zero attached hydrogens (tertiary/aromatic N) is 1. The van der Waals surface area contributed by atoms with E-state index in [2.05, 4.69) is 58.2 Å². The van der Waals surface area contributed by atoms with Gasteiger partial charge in [0, 0.05) is 13.0 Å². The second-order valence-electron chi connectivity index (χ2n) is 18.6. The summed E-state index contributed by atoms with van der Waals surface area (Å²) in [5.41, 5.74) is 26.7. The van der Waals surface area contributed by atoms with Crippen LogP contribution in [0.4, 0.5) is 0 Å². The molecule has 79 heavy (non-hydrogen) atoms. The summed E-state index contributed by atoms with van der Waals surface area (Å²) in [6.07, 6.45) is -2.39. The zero-order valence-electron chi connectivity index (χ0n) is 44.8. The number of carbonyl (C=O) groups is 14. The SMILES string of the molecule is CC[C@H](C)[C@H](NC(=O)[C@H](CC(=O)O)NC(=O)[C@H](CCC(N)=O)NC(=O)[C@H](CO)NC(=O)[C@H](C)NC(=O)[C@@H](N)CCCN=C(N)N)C(=O)N[C@@H](C)C(=O)NCC(=O)N[C@@H](CO)C(=O)N[C@@H](CC(C)C)C(=O)N[C@@H](CC(N)=O)C(=O)O. The number of nitrogens with one attached hydrogen (secondary N) is 10. The van der Waals surface area contributed by atoms with Crippen LogP contribution in [0.5, 0.6) is 0 Å². The Morgan fingerprint density at radius 1 is 0.506 bits per heavy atom. The van der Waals surface area contributed by atoms with Crippen molar-refractivity contribution in [2.45, 2.75) is 153 Å². The van der Waals surface area contributed by atoms with Crippen molar-refractivity contribution < 1.29 is 87.5 Å². The van der Waals surface area contributed by atoms with E-state index >= 15 is 0 Å². The van der Waals surface area contributed by atoms with E-state index in [1.807, 2.05) is 0 Å². The molecule has 0 radical (unpaired) electrons. The normalized spacial score (nSPS) is 15.1. The molecule has 11 atom stereocenters. The summed E-state index contributed by atoms with van der Waals surface area (Å²) in [7, 11) is 0. The predicted molar refractivity (Wildman–Crippen MR) is 275 cm³/mol. The molecule has 0 aliphatic carbocycles. The molecule has 0 aromatic heterocycles. The lowest BCUT2D eigenvalue weighted by molar-refractivity contribution is -0.144. The van der Waals surface area contributed by atoms with Crippen LogP contribution in [-0.4, -0.2) is 196 Å². The van der Waals surface area contributed by atoms with Gasteiger partial charge in [-0.15, -0.1) is 0 Å². The Hall–Kier alpha value is -8.27. The molecule has 34 heteroatoms. The number of carbonyl (C=O) groups excluding carboxylic acids is 12. The van der Waals surface area contributed by atoms with Crippen molar-refractivity contribution in [1.29, 1.82) is 0 Å². The number of aliphatic hydroxyl groups is 2. The van der Waals surface area contributed by atoms with Crippen LogP contribution < -0.4 is 81.8 Å². The first kappa shape index (κ1) is 70.7. The molecule has 0 aromatic carbocycles. The fourth-order valence-electron chi connectivity index (χ4n) is 6.74. The van der Waals surface area contributed by atoms with Gasteiger partial charge in [0.1, 0.15) is 54.4 Å². The number of aliphatic carboxylic acids is 2. The number of carboxylic acid groups (broad SMARTS) is 2. The summed E-state index contributed by atoms with van der Waals surface area (Å²) in [6, 6.07) is -15.7. The van der Waals surface area contributed by atoms with E-state index in [4.69, 9.17) is 28.7 Å². The van der Waals surface area contributed by atoms with Crippen molar-refractivity contribution in [2.24, 2.45) is 45.5 Å². The number of primary amides is 2. The Morgan fingerprint density at radius 2 is 0.987 bits per heavy atom. The van der Waals surface area contributed by atoms with Crippen molar-refractivity contribution in [3.05, 3.63) is 0 Å². The van der Waals surface area contributed by atoms with Gasteiger partial charge in [0.15, 0.2) is 5.96 Å². The standard InChI is InChI=1S/C45H78N16O18/c1-7-20(4)34(43(77)54-21(5)35(69)52-16-32(66)55-28(17-62)41(75)57-25(13-19(2)3)39(73)59-27(44(78)79)14-31(48)65)61-40(74)26(15-33(67)68)58-38(72)24(10-11-30(47)64)56-42(76)29(18-63)60-36(70)22(6)53-37(71)23(46)9-8-12-51-45(49)50/h19-29,34,62-63H,7-18,46H2,1-6H3,(H2,47,64)(H2,48,65)(H,52,69)(H,53,71)(H,54,77)(H,55,66)(H,56,76)(H,57,75)(H,58,72)(H,59,73)(H,60,70)(H,61,74)(H,67,68)(H,78,79)(H4,49,50,51)/t20-,21-,22-,23-,24-,25-,26-,27-,28-,29-,34-/m0/s1. The van der Waals surface area contributed by atoms with Crippen LogP contribution >= 0.6 is 0 Å². The minimum atomic E-state index is -1.98. The van der Waals surface area contributed by atoms with Crippen molar-refractivity contribution in [2.75, 3.05) is 26.3 Å². The van der Waals surface area contributed by atoms with Gasteiger partial charge in [0.05, 0.1) is 38.6 Å². The predicted octanol–water partition coefficient (Wildman–Crippen LogP) is -9.34. The van der Waals surface area contributed by atoms with E-state index < -0.39 is 195 Å². The maximum absolute atomic E-state index is 13.7. The molecule has 34 nitrogen and oxygen atoms in total. The number of hydrogen-bond donors (Lipinski definition) is 19. The molecule has 0 saturated carbocycles. The average Bonchev–Trinajstić information content (AvgIpc) is 3.35. The van der Waals surface area contributed by atoms with E-state index in [9.17, 15) is 87.5 Å². The Bertz CT molecular complexity index is 2210. The number of aliphatic hydroxyl groups excluding tert-OH is 2. The second-order valence-corrected chi connectivity index (χ2v) is 18.6. The van der Waals surface area contributed by atoms with Gasteiger partial charge in [0.25, 0.3) is 0 Å². The Morgan fingerprint density at radius 3 is 1.49 bits per heavy atom. The minimum absolute atomic E-state index is 0.0533. The summed E-state index contributed by atoms with van der Waals surface area (Å²) < 4.78 is 0. The highest BCUT2D eigenvalue weighted by molar-refractivity contribution is 5.99.